The molecule has 1 amide bonds. The molecule has 0 radical (unpaired) electrons. The number of sulfonamides is 1. The van der Waals surface area contributed by atoms with Gasteiger partial charge < -0.3 is 15.2 Å². The largest absolute Gasteiger partial charge is 0.481 e. The van der Waals surface area contributed by atoms with Gasteiger partial charge in [-0.05, 0) is 44.2 Å². The Labute approximate surface area is 139 Å². The summed E-state index contributed by atoms with van der Waals surface area (Å²) in [6.07, 6.45) is 0.542. The van der Waals surface area contributed by atoms with Gasteiger partial charge >= 0.3 is 5.97 Å². The van der Waals surface area contributed by atoms with E-state index in [-0.39, 0.29) is 11.0 Å². The van der Waals surface area contributed by atoms with Gasteiger partial charge in [0.15, 0.2) is 0 Å². The smallest absolute Gasteiger partial charge is 0.310 e. The maximum atomic E-state index is 12.5. The maximum Gasteiger partial charge on any atom is 0.310 e. The molecule has 2 heterocycles. The van der Waals surface area contributed by atoms with Crippen LogP contribution in [-0.2, 0) is 24.3 Å². The minimum absolute atomic E-state index is 0.0784. The normalized spacial score (nSPS) is 28.7. The predicted octanol–water partition coefficient (Wildman–Crippen LogP) is 0.411. The van der Waals surface area contributed by atoms with Crippen LogP contribution in [0.3, 0.4) is 0 Å². The molecule has 9 heteroatoms. The van der Waals surface area contributed by atoms with Crippen LogP contribution in [0.2, 0.25) is 0 Å². The van der Waals surface area contributed by atoms with E-state index in [2.05, 4.69) is 10.0 Å². The predicted molar refractivity (Wildman–Crippen MR) is 83.8 cm³/mol. The van der Waals surface area contributed by atoms with Crippen LogP contribution >= 0.6 is 0 Å². The Morgan fingerprint density at radius 2 is 1.71 bits per heavy atom. The highest BCUT2D eigenvalue weighted by atomic mass is 32.2. The Bertz CT molecular complexity index is 761. The fraction of sp³-hybridized carbons (Fsp3) is 0.467. The molecule has 0 aliphatic carbocycles. The van der Waals surface area contributed by atoms with Gasteiger partial charge in [0.25, 0.3) is 0 Å². The summed E-state index contributed by atoms with van der Waals surface area (Å²) in [6.45, 7) is 0. The second-order valence-electron chi connectivity index (χ2n) is 5.90. The minimum atomic E-state index is -3.55. The van der Waals surface area contributed by atoms with E-state index >= 15 is 0 Å². The van der Waals surface area contributed by atoms with Crippen molar-refractivity contribution < 1.29 is 27.9 Å². The average molecular weight is 354 g/mol. The number of rotatable bonds is 5. The molecule has 1 aromatic rings. The Hall–Kier alpha value is -1.97. The van der Waals surface area contributed by atoms with Crippen molar-refractivity contribution in [3.05, 3.63) is 24.3 Å². The van der Waals surface area contributed by atoms with Gasteiger partial charge in [-0.2, -0.15) is 0 Å². The number of hydrogen-bond donors (Lipinski definition) is 3. The number of hydrogen-bond acceptors (Lipinski definition) is 5. The zero-order valence-electron chi connectivity index (χ0n) is 12.9. The summed E-state index contributed by atoms with van der Waals surface area (Å²) in [5, 5.41) is 12.0. The number of aliphatic carboxylic acids is 1. The average Bonchev–Trinajstić information content (AvgIpc) is 3.16. The first kappa shape index (κ1) is 16.9. The number of ether oxygens (including phenoxy) is 1. The van der Waals surface area contributed by atoms with Crippen LogP contribution in [-0.4, -0.2) is 44.7 Å². The number of fused-ring (bicyclic) bond motifs is 2. The van der Waals surface area contributed by atoms with Crippen LogP contribution < -0.4 is 10.0 Å². The number of carboxylic acid groups (broad SMARTS) is 1. The highest BCUT2D eigenvalue weighted by molar-refractivity contribution is 7.89. The van der Waals surface area contributed by atoms with Crippen molar-refractivity contribution in [1.29, 1.82) is 0 Å². The highest BCUT2D eigenvalue weighted by Crippen LogP contribution is 2.44. The number of anilines is 1. The zero-order chi connectivity index (χ0) is 17.5. The van der Waals surface area contributed by atoms with Gasteiger partial charge in [-0.25, -0.2) is 13.1 Å². The molecule has 3 N–H and O–H groups in total. The molecule has 2 aliphatic heterocycles. The lowest BCUT2D eigenvalue weighted by Gasteiger charge is -2.23. The van der Waals surface area contributed by atoms with E-state index in [1.165, 1.54) is 31.3 Å². The van der Waals surface area contributed by atoms with Crippen LogP contribution in [0.5, 0.6) is 0 Å². The van der Waals surface area contributed by atoms with E-state index in [4.69, 9.17) is 4.74 Å². The van der Waals surface area contributed by atoms with Crippen LogP contribution in [0.25, 0.3) is 0 Å². The number of nitrogens with one attached hydrogen (secondary N) is 2. The molecular weight excluding hydrogens is 336 g/mol. The van der Waals surface area contributed by atoms with Gasteiger partial charge in [-0.3, -0.25) is 9.59 Å². The fourth-order valence-corrected chi connectivity index (χ4v) is 4.12. The van der Waals surface area contributed by atoms with E-state index in [1.807, 2.05) is 0 Å². The van der Waals surface area contributed by atoms with E-state index in [0.29, 0.717) is 18.5 Å². The van der Waals surface area contributed by atoms with Crippen molar-refractivity contribution in [1.82, 2.24) is 4.72 Å². The van der Waals surface area contributed by atoms with Gasteiger partial charge in [0.2, 0.25) is 15.9 Å². The van der Waals surface area contributed by atoms with Crippen molar-refractivity contribution in [3.8, 4) is 0 Å². The lowest BCUT2D eigenvalue weighted by molar-refractivity contribution is -0.147. The minimum Gasteiger partial charge on any atom is -0.481 e. The quantitative estimate of drug-likeness (QED) is 0.704. The number of benzene rings is 1. The first-order chi connectivity index (χ1) is 11.3. The van der Waals surface area contributed by atoms with Crippen molar-refractivity contribution >= 4 is 27.6 Å². The molecule has 2 saturated heterocycles. The van der Waals surface area contributed by atoms with E-state index in [0.717, 1.165) is 0 Å². The Balaban J connectivity index is 1.74. The van der Waals surface area contributed by atoms with Crippen LogP contribution in [0.15, 0.2) is 29.2 Å². The first-order valence-electron chi connectivity index (χ1n) is 7.56. The first-order valence-corrected chi connectivity index (χ1v) is 9.04. The Kier molecular flexibility index (Phi) is 4.33. The number of carbonyl (C=O) groups is 2. The summed E-state index contributed by atoms with van der Waals surface area (Å²) in [4.78, 5) is 24.0. The van der Waals surface area contributed by atoms with Crippen LogP contribution in [0.1, 0.15) is 12.8 Å². The molecule has 0 saturated carbocycles. The summed E-state index contributed by atoms with van der Waals surface area (Å²) in [5.74, 6) is -3.02. The molecule has 2 aliphatic rings. The highest BCUT2D eigenvalue weighted by Gasteiger charge is 2.55. The molecule has 0 unspecified atom stereocenters. The van der Waals surface area contributed by atoms with Gasteiger partial charge in [-0.1, -0.05) is 0 Å². The molecule has 8 nitrogen and oxygen atoms in total. The Morgan fingerprint density at radius 1 is 1.12 bits per heavy atom. The van der Waals surface area contributed by atoms with E-state index in [1.54, 1.807) is 0 Å². The van der Waals surface area contributed by atoms with Gasteiger partial charge in [0.1, 0.15) is 0 Å². The molecular formula is C15H18N2O6S. The molecule has 2 fully saturated rings. The lowest BCUT2D eigenvalue weighted by atomic mass is 9.78. The molecule has 0 spiro atoms. The molecule has 2 bridgehead atoms. The summed E-state index contributed by atoms with van der Waals surface area (Å²) in [5.41, 5.74) is 0.405. The molecule has 3 rings (SSSR count). The molecule has 24 heavy (non-hydrogen) atoms. The van der Waals surface area contributed by atoms with E-state index < -0.39 is 39.8 Å². The maximum absolute atomic E-state index is 12.5. The van der Waals surface area contributed by atoms with Crippen molar-refractivity contribution in [3.63, 3.8) is 0 Å². The Morgan fingerprint density at radius 3 is 2.25 bits per heavy atom. The van der Waals surface area contributed by atoms with Crippen LogP contribution in [0.4, 0.5) is 5.69 Å². The zero-order valence-corrected chi connectivity index (χ0v) is 13.7. The monoisotopic (exact) mass is 354 g/mol. The van der Waals surface area contributed by atoms with Gasteiger partial charge in [-0.15, -0.1) is 0 Å². The number of amides is 1. The third-order valence-corrected chi connectivity index (χ3v) is 5.99. The van der Waals surface area contributed by atoms with Crippen LogP contribution in [0, 0.1) is 11.8 Å². The summed E-state index contributed by atoms with van der Waals surface area (Å²) >= 11 is 0. The van der Waals surface area contributed by atoms with E-state index in [9.17, 15) is 23.1 Å². The van der Waals surface area contributed by atoms with Crippen molar-refractivity contribution in [2.75, 3.05) is 12.4 Å². The molecule has 4 atom stereocenters. The third kappa shape index (κ3) is 2.90. The van der Waals surface area contributed by atoms with Crippen molar-refractivity contribution in [2.45, 2.75) is 29.9 Å². The molecule has 130 valence electrons. The lowest BCUT2D eigenvalue weighted by Crippen LogP contribution is -2.40. The third-order valence-electron chi connectivity index (χ3n) is 4.56. The SMILES string of the molecule is CNS(=O)(=O)c1ccc(NC(=O)[C@@H]2[C@@H](C(=O)O)[C@@H]3CC[C@H]2O3)cc1. The molecule has 1 aromatic carbocycles. The molecule has 0 aromatic heterocycles. The second kappa shape index (κ2) is 6.15. The topological polar surface area (TPSA) is 122 Å². The van der Waals surface area contributed by atoms with Crippen molar-refractivity contribution in [2.24, 2.45) is 11.8 Å². The van der Waals surface area contributed by atoms with Gasteiger partial charge in [0, 0.05) is 5.69 Å². The summed E-state index contributed by atoms with van der Waals surface area (Å²) in [7, 11) is -2.23. The number of carbonyl (C=O) groups excluding carboxylic acids is 1. The fourth-order valence-electron chi connectivity index (χ4n) is 3.39. The summed E-state index contributed by atoms with van der Waals surface area (Å²) < 4.78 is 31.1. The summed E-state index contributed by atoms with van der Waals surface area (Å²) in [6, 6.07) is 5.67. The second-order valence-corrected chi connectivity index (χ2v) is 7.79. The standard InChI is InChI=1S/C15H18N2O6S/c1-16-24(21,22)9-4-2-8(3-5-9)17-14(18)12-10-6-7-11(23-10)13(12)15(19)20/h2-5,10-13,16H,6-7H2,1H3,(H,17,18)(H,19,20)/t10-,11+,12+,13+/m1/s1. The van der Waals surface area contributed by atoms with Gasteiger partial charge in [0.05, 0.1) is 28.9 Å². The number of carboxylic acids is 1.